The molecule has 0 radical (unpaired) electrons. The second kappa shape index (κ2) is 9.40. The van der Waals surface area contributed by atoms with Crippen molar-refractivity contribution in [3.63, 3.8) is 0 Å². The van der Waals surface area contributed by atoms with Gasteiger partial charge in [-0.15, -0.1) is 0 Å². The van der Waals surface area contributed by atoms with E-state index in [1.807, 2.05) is 20.8 Å². The van der Waals surface area contributed by atoms with E-state index in [9.17, 15) is 19.2 Å². The van der Waals surface area contributed by atoms with E-state index in [0.717, 1.165) is 16.7 Å². The van der Waals surface area contributed by atoms with Crippen molar-refractivity contribution in [1.82, 2.24) is 15.3 Å². The lowest BCUT2D eigenvalue weighted by atomic mass is 10.3. The molecule has 27 heavy (non-hydrogen) atoms. The molecule has 13 heteroatoms. The number of hydrogen-bond acceptors (Lipinski definition) is 7. The van der Waals surface area contributed by atoms with Gasteiger partial charge in [-0.25, -0.2) is 29.7 Å². The number of urea groups is 1. The monoisotopic (exact) mass is 463 g/mol. The molecule has 1 N–H and O–H groups in total. The Kier molecular flexibility index (Phi) is 8.33. The van der Waals surface area contributed by atoms with E-state index in [-0.39, 0.29) is 13.2 Å². The maximum absolute atomic E-state index is 12.5. The molecule has 1 aliphatic rings. The van der Waals surface area contributed by atoms with E-state index >= 15 is 0 Å². The number of thioether (sulfide) groups is 1. The summed E-state index contributed by atoms with van der Waals surface area (Å²) < 4.78 is 7.20. The van der Waals surface area contributed by atoms with Gasteiger partial charge in [-0.1, -0.05) is 67.3 Å². The first-order valence-corrected chi connectivity index (χ1v) is 9.67. The Morgan fingerprint density at radius 1 is 1.33 bits per heavy atom. The summed E-state index contributed by atoms with van der Waals surface area (Å²) in [4.78, 5) is 49.3. The quantitative estimate of drug-likeness (QED) is 0.504. The Hall–Kier alpha value is -1.10. The molecule has 1 fully saturated rings. The van der Waals surface area contributed by atoms with Gasteiger partial charge in [0.15, 0.2) is 0 Å². The number of halogens is 3. The summed E-state index contributed by atoms with van der Waals surface area (Å²) in [6.45, 7) is 6.24. The van der Waals surface area contributed by atoms with E-state index in [2.05, 4.69) is 10.2 Å². The van der Waals surface area contributed by atoms with E-state index in [4.69, 9.17) is 39.5 Å². The zero-order chi connectivity index (χ0) is 21.0. The number of nitrogens with zero attached hydrogens (tertiary/aromatic N) is 2. The highest BCUT2D eigenvalue weighted by atomic mass is 35.6. The Morgan fingerprint density at radius 3 is 2.37 bits per heavy atom. The Bertz CT molecular complexity index is 608. The second-order valence-corrected chi connectivity index (χ2v) is 10.8. The summed E-state index contributed by atoms with van der Waals surface area (Å²) in [7, 11) is 0. The third-order valence-corrected chi connectivity index (χ3v) is 4.40. The van der Waals surface area contributed by atoms with E-state index in [1.165, 1.54) is 6.92 Å². The van der Waals surface area contributed by atoms with Crippen LogP contribution in [-0.2, 0) is 14.3 Å². The van der Waals surface area contributed by atoms with Crippen molar-refractivity contribution in [3.8, 4) is 0 Å². The van der Waals surface area contributed by atoms with Gasteiger partial charge in [0.25, 0.3) is 0 Å². The van der Waals surface area contributed by atoms with Crippen molar-refractivity contribution >= 4 is 69.9 Å². The number of nitrogens with one attached hydrogen (secondary N) is 1. The van der Waals surface area contributed by atoms with Crippen LogP contribution in [0, 0.1) is 0 Å². The van der Waals surface area contributed by atoms with Gasteiger partial charge >= 0.3 is 18.2 Å². The summed E-state index contributed by atoms with van der Waals surface area (Å²) in [6, 6.07) is -2.08. The Balaban J connectivity index is 2.93. The lowest BCUT2D eigenvalue weighted by Gasteiger charge is -2.30. The molecule has 0 aromatic heterocycles. The van der Waals surface area contributed by atoms with Crippen molar-refractivity contribution in [2.24, 2.45) is 0 Å². The number of hydrazine groups is 1. The fraction of sp³-hybridized carbons (Fsp3) is 0.714. The molecule has 1 aliphatic heterocycles. The molecular weight excluding hydrogens is 445 g/mol. The number of carbonyl (C=O) groups is 4. The van der Waals surface area contributed by atoms with Gasteiger partial charge in [0.2, 0.25) is 8.91 Å². The molecule has 0 bridgehead atoms. The highest BCUT2D eigenvalue weighted by molar-refractivity contribution is 8.14. The second-order valence-electron chi connectivity index (χ2n) is 6.43. The lowest BCUT2D eigenvalue weighted by Crippen LogP contribution is -2.57. The smallest absolute Gasteiger partial charge is 0.429 e. The SMILES string of the molecule is C[C@H](C(=O)SC(C)(C)C)N(NC(=O)N1CCOC1=O)C(=O)OCC(Cl)(Cl)Cl. The van der Waals surface area contributed by atoms with Gasteiger partial charge in [0.05, 0.1) is 6.54 Å². The van der Waals surface area contributed by atoms with E-state index in [0.29, 0.717) is 5.01 Å². The first-order chi connectivity index (χ1) is 12.2. The fourth-order valence-corrected chi connectivity index (χ4v) is 2.79. The fourth-order valence-electron chi connectivity index (χ4n) is 1.75. The zero-order valence-electron chi connectivity index (χ0n) is 15.1. The number of alkyl halides is 3. The van der Waals surface area contributed by atoms with Crippen LogP contribution in [0.25, 0.3) is 0 Å². The molecule has 1 saturated heterocycles. The van der Waals surface area contributed by atoms with Crippen LogP contribution in [0.3, 0.4) is 0 Å². The number of ether oxygens (including phenoxy) is 2. The molecule has 1 rings (SSSR count). The summed E-state index contributed by atoms with van der Waals surface area (Å²) in [5, 5.41) is 0.225. The molecular formula is C14H20Cl3N3O6S. The number of rotatable bonds is 3. The van der Waals surface area contributed by atoms with Gasteiger partial charge in [-0.2, -0.15) is 0 Å². The standard InChI is InChI=1S/C14H20Cl3N3O6S/c1-8(9(21)27-13(2,3)4)20(12(24)26-7-14(15,16)17)18-10(22)19-5-6-25-11(19)23/h8H,5-7H2,1-4H3,(H,18,22)/t8-/m1/s1. The van der Waals surface area contributed by atoms with Crippen molar-refractivity contribution in [2.45, 2.75) is 42.3 Å². The molecule has 9 nitrogen and oxygen atoms in total. The number of cyclic esters (lactones) is 1. The van der Waals surface area contributed by atoms with Gasteiger partial charge in [0, 0.05) is 4.75 Å². The van der Waals surface area contributed by atoms with Crippen molar-refractivity contribution in [2.75, 3.05) is 19.8 Å². The average Bonchev–Trinajstić information content (AvgIpc) is 2.93. The Morgan fingerprint density at radius 2 is 1.93 bits per heavy atom. The minimum atomic E-state index is -1.88. The van der Waals surface area contributed by atoms with Gasteiger partial charge < -0.3 is 9.47 Å². The van der Waals surface area contributed by atoms with Crippen molar-refractivity contribution in [1.29, 1.82) is 0 Å². The molecule has 0 aliphatic carbocycles. The largest absolute Gasteiger partial charge is 0.447 e. The molecule has 0 aromatic carbocycles. The summed E-state index contributed by atoms with van der Waals surface area (Å²) in [6.07, 6.45) is -2.00. The summed E-state index contributed by atoms with van der Waals surface area (Å²) >= 11 is 17.6. The van der Waals surface area contributed by atoms with Crippen molar-refractivity contribution < 1.29 is 28.7 Å². The van der Waals surface area contributed by atoms with Crippen LogP contribution >= 0.6 is 46.6 Å². The van der Waals surface area contributed by atoms with Crippen LogP contribution in [0.4, 0.5) is 14.4 Å². The average molecular weight is 465 g/mol. The van der Waals surface area contributed by atoms with Crippen LogP contribution in [-0.4, -0.2) is 67.6 Å². The maximum atomic E-state index is 12.5. The summed E-state index contributed by atoms with van der Waals surface area (Å²) in [5.74, 6) is 0. The molecule has 1 heterocycles. The highest BCUT2D eigenvalue weighted by Gasteiger charge is 2.36. The van der Waals surface area contributed by atoms with Gasteiger partial charge in [0.1, 0.15) is 19.3 Å². The van der Waals surface area contributed by atoms with E-state index < -0.39 is 44.5 Å². The molecule has 154 valence electrons. The lowest BCUT2D eigenvalue weighted by molar-refractivity contribution is -0.115. The van der Waals surface area contributed by atoms with Crippen LogP contribution < -0.4 is 5.43 Å². The first-order valence-electron chi connectivity index (χ1n) is 7.72. The van der Waals surface area contributed by atoms with Crippen molar-refractivity contribution in [3.05, 3.63) is 0 Å². The topological polar surface area (TPSA) is 105 Å². The predicted molar refractivity (Wildman–Crippen MR) is 102 cm³/mol. The third-order valence-electron chi connectivity index (χ3n) is 2.91. The summed E-state index contributed by atoms with van der Waals surface area (Å²) in [5.41, 5.74) is 2.17. The first kappa shape index (κ1) is 23.9. The third kappa shape index (κ3) is 8.20. The van der Waals surface area contributed by atoms with Crippen LogP contribution in [0.2, 0.25) is 0 Å². The minimum absolute atomic E-state index is 0.000768. The van der Waals surface area contributed by atoms with Crippen LogP contribution in [0.15, 0.2) is 0 Å². The minimum Gasteiger partial charge on any atom is -0.447 e. The molecule has 4 amide bonds. The normalized spacial score (nSPS) is 15.8. The predicted octanol–water partition coefficient (Wildman–Crippen LogP) is 3.32. The molecule has 0 unspecified atom stereocenters. The van der Waals surface area contributed by atoms with Gasteiger partial charge in [-0.3, -0.25) is 4.79 Å². The number of hydrogen-bond donors (Lipinski definition) is 1. The number of carbonyl (C=O) groups excluding carboxylic acids is 4. The zero-order valence-corrected chi connectivity index (χ0v) is 18.2. The molecule has 1 atom stereocenters. The number of amides is 4. The molecule has 0 spiro atoms. The molecule has 0 aromatic rings. The van der Waals surface area contributed by atoms with E-state index in [1.54, 1.807) is 0 Å². The molecule has 0 saturated carbocycles. The van der Waals surface area contributed by atoms with Crippen LogP contribution in [0.5, 0.6) is 0 Å². The maximum Gasteiger partial charge on any atom is 0.429 e. The Labute approximate surface area is 175 Å². The van der Waals surface area contributed by atoms with Gasteiger partial charge in [-0.05, 0) is 6.92 Å². The number of imide groups is 1. The highest BCUT2D eigenvalue weighted by Crippen LogP contribution is 2.28. The van der Waals surface area contributed by atoms with Crippen LogP contribution in [0.1, 0.15) is 27.7 Å².